The molecule has 2 N–H and O–H groups in total. The molecule has 0 unspecified atom stereocenters. The van der Waals surface area contributed by atoms with Crippen LogP contribution in [0.1, 0.15) is 12.7 Å². The van der Waals surface area contributed by atoms with Crippen molar-refractivity contribution in [1.29, 1.82) is 0 Å². The van der Waals surface area contributed by atoms with E-state index in [-0.39, 0.29) is 18.6 Å². The molecule has 0 amide bonds. The van der Waals surface area contributed by atoms with Crippen LogP contribution in [0.25, 0.3) is 0 Å². The van der Waals surface area contributed by atoms with Gasteiger partial charge in [-0.15, -0.1) is 0 Å². The second kappa shape index (κ2) is 5.83. The lowest BCUT2D eigenvalue weighted by molar-refractivity contribution is 0.224. The van der Waals surface area contributed by atoms with Gasteiger partial charge in [-0.1, -0.05) is 13.2 Å². The van der Waals surface area contributed by atoms with Gasteiger partial charge in [0.25, 0.3) is 0 Å². The van der Waals surface area contributed by atoms with Crippen molar-refractivity contribution in [3.63, 3.8) is 0 Å². The van der Waals surface area contributed by atoms with E-state index >= 15 is 0 Å². The van der Waals surface area contributed by atoms with Gasteiger partial charge in [0, 0.05) is 0 Å². The minimum Gasteiger partial charge on any atom is -0.494 e. The molecule has 0 radical (unpaired) electrons. The molecule has 1 rings (SSSR count). The van der Waals surface area contributed by atoms with Gasteiger partial charge < -0.3 is 15.2 Å². The second-order valence-electron chi connectivity index (χ2n) is 3.55. The zero-order valence-electron chi connectivity index (χ0n) is 10.1. The Bertz CT molecular complexity index is 411. The summed E-state index contributed by atoms with van der Waals surface area (Å²) in [6.45, 7) is 11.5. The largest absolute Gasteiger partial charge is 0.494 e. The maximum Gasteiger partial charge on any atom is 0.321 e. The molecule has 0 saturated carbocycles. The van der Waals surface area contributed by atoms with Crippen LogP contribution >= 0.6 is 0 Å². The first-order chi connectivity index (χ1) is 7.97. The molecule has 0 fully saturated rings. The van der Waals surface area contributed by atoms with Crippen molar-refractivity contribution in [2.24, 2.45) is 0 Å². The monoisotopic (exact) mass is 236 g/mol. The molecular weight excluding hydrogens is 220 g/mol. The minimum atomic E-state index is 0.135. The first-order valence-corrected chi connectivity index (χ1v) is 5.03. The molecule has 6 heteroatoms. The SMILES string of the molecule is C=C(COC(=C)C)COc1nc(C)nc(N)n1. The van der Waals surface area contributed by atoms with Crippen LogP contribution in [0.4, 0.5) is 5.95 Å². The Kier molecular flexibility index (Phi) is 4.45. The van der Waals surface area contributed by atoms with E-state index in [4.69, 9.17) is 15.2 Å². The molecule has 0 aliphatic rings. The summed E-state index contributed by atoms with van der Waals surface area (Å²) < 4.78 is 10.5. The Hall–Kier alpha value is -2.11. The molecule has 92 valence electrons. The summed E-state index contributed by atoms with van der Waals surface area (Å²) in [7, 11) is 0. The maximum absolute atomic E-state index is 5.46. The highest BCUT2D eigenvalue weighted by atomic mass is 16.5. The lowest BCUT2D eigenvalue weighted by Crippen LogP contribution is -2.10. The predicted molar refractivity (Wildman–Crippen MR) is 64.4 cm³/mol. The van der Waals surface area contributed by atoms with Gasteiger partial charge in [-0.2, -0.15) is 15.0 Å². The second-order valence-corrected chi connectivity index (χ2v) is 3.55. The molecule has 0 atom stereocenters. The molecule has 0 aliphatic heterocycles. The number of aryl methyl sites for hydroxylation is 1. The quantitative estimate of drug-likeness (QED) is 0.591. The standard InChI is InChI=1S/C11H16N4O2/c1-7(2)16-5-8(3)6-17-11-14-9(4)13-10(12)15-11/h1,3,5-6H2,2,4H3,(H2,12,13,14,15). The van der Waals surface area contributed by atoms with Crippen molar-refractivity contribution in [2.45, 2.75) is 13.8 Å². The third-order valence-corrected chi connectivity index (χ3v) is 1.67. The van der Waals surface area contributed by atoms with E-state index in [1.54, 1.807) is 13.8 Å². The fourth-order valence-electron chi connectivity index (χ4n) is 0.975. The van der Waals surface area contributed by atoms with Gasteiger partial charge in [0.2, 0.25) is 5.95 Å². The van der Waals surface area contributed by atoms with Gasteiger partial charge in [0.05, 0.1) is 5.76 Å². The zero-order valence-corrected chi connectivity index (χ0v) is 10.1. The van der Waals surface area contributed by atoms with Crippen LogP contribution in [-0.4, -0.2) is 28.2 Å². The average molecular weight is 236 g/mol. The number of aromatic nitrogens is 3. The lowest BCUT2D eigenvalue weighted by atomic mass is 10.3. The van der Waals surface area contributed by atoms with Gasteiger partial charge in [-0.3, -0.25) is 0 Å². The molecule has 0 saturated heterocycles. The smallest absolute Gasteiger partial charge is 0.321 e. The van der Waals surface area contributed by atoms with Crippen LogP contribution in [0, 0.1) is 6.92 Å². The molecular formula is C11H16N4O2. The summed E-state index contributed by atoms with van der Waals surface area (Å²) in [5.41, 5.74) is 6.22. The van der Waals surface area contributed by atoms with E-state index in [1.807, 2.05) is 0 Å². The third-order valence-electron chi connectivity index (χ3n) is 1.67. The number of allylic oxidation sites excluding steroid dienone is 1. The third kappa shape index (κ3) is 4.96. The summed E-state index contributed by atoms with van der Waals surface area (Å²) in [5, 5.41) is 0. The highest BCUT2D eigenvalue weighted by Crippen LogP contribution is 2.06. The molecule has 0 spiro atoms. The Morgan fingerprint density at radius 2 is 1.94 bits per heavy atom. The normalized spacial score (nSPS) is 9.76. The van der Waals surface area contributed by atoms with Gasteiger partial charge in [-0.25, -0.2) is 0 Å². The molecule has 6 nitrogen and oxygen atoms in total. The molecule has 0 aliphatic carbocycles. The van der Waals surface area contributed by atoms with E-state index in [9.17, 15) is 0 Å². The molecule has 1 aromatic rings. The van der Waals surface area contributed by atoms with Gasteiger partial charge >= 0.3 is 6.01 Å². The van der Waals surface area contributed by atoms with E-state index in [0.717, 1.165) is 5.57 Å². The Labute approximate surface area is 100 Å². The molecule has 1 aromatic heterocycles. The highest BCUT2D eigenvalue weighted by Gasteiger charge is 2.03. The summed E-state index contributed by atoms with van der Waals surface area (Å²) in [4.78, 5) is 11.7. The Balaban J connectivity index is 2.44. The van der Waals surface area contributed by atoms with Crippen molar-refractivity contribution in [1.82, 2.24) is 15.0 Å². The summed E-state index contributed by atoms with van der Waals surface area (Å²) >= 11 is 0. The van der Waals surface area contributed by atoms with Crippen LogP contribution in [0.3, 0.4) is 0 Å². The van der Waals surface area contributed by atoms with Crippen molar-refractivity contribution in [3.05, 3.63) is 30.3 Å². The number of hydrogen-bond donors (Lipinski definition) is 1. The van der Waals surface area contributed by atoms with Crippen LogP contribution in [-0.2, 0) is 4.74 Å². The van der Waals surface area contributed by atoms with E-state index in [0.29, 0.717) is 18.2 Å². The van der Waals surface area contributed by atoms with Crippen LogP contribution in [0.5, 0.6) is 6.01 Å². The maximum atomic E-state index is 5.46. The fourth-order valence-corrected chi connectivity index (χ4v) is 0.975. The fraction of sp³-hybridized carbons (Fsp3) is 0.364. The number of hydrogen-bond acceptors (Lipinski definition) is 6. The van der Waals surface area contributed by atoms with Crippen LogP contribution < -0.4 is 10.5 Å². The predicted octanol–water partition coefficient (Wildman–Crippen LogP) is 1.25. The van der Waals surface area contributed by atoms with Gasteiger partial charge in [-0.05, 0) is 19.4 Å². The number of nitrogens with two attached hydrogens (primary N) is 1. The Morgan fingerprint density at radius 3 is 2.53 bits per heavy atom. The van der Waals surface area contributed by atoms with Crippen molar-refractivity contribution in [2.75, 3.05) is 18.9 Å². The summed E-state index contributed by atoms with van der Waals surface area (Å²) in [5.74, 6) is 1.28. The van der Waals surface area contributed by atoms with Crippen LogP contribution in [0.2, 0.25) is 0 Å². The van der Waals surface area contributed by atoms with Gasteiger partial charge in [0.1, 0.15) is 19.0 Å². The number of nitrogen functional groups attached to an aromatic ring is 1. The minimum absolute atomic E-state index is 0.135. The van der Waals surface area contributed by atoms with Gasteiger partial charge in [0.15, 0.2) is 0 Å². The van der Waals surface area contributed by atoms with E-state index in [1.165, 1.54) is 0 Å². The first-order valence-electron chi connectivity index (χ1n) is 5.03. The van der Waals surface area contributed by atoms with Crippen molar-refractivity contribution < 1.29 is 9.47 Å². The zero-order chi connectivity index (χ0) is 12.8. The number of anilines is 1. The Morgan fingerprint density at radius 1 is 1.24 bits per heavy atom. The topological polar surface area (TPSA) is 83.2 Å². The summed E-state index contributed by atoms with van der Waals surface area (Å²) in [6.07, 6.45) is 0. The lowest BCUT2D eigenvalue weighted by Gasteiger charge is -2.09. The molecule has 0 aromatic carbocycles. The highest BCUT2D eigenvalue weighted by molar-refractivity contribution is 5.17. The van der Waals surface area contributed by atoms with Crippen molar-refractivity contribution in [3.8, 4) is 6.01 Å². The first kappa shape index (κ1) is 13.0. The number of ether oxygens (including phenoxy) is 2. The molecule has 17 heavy (non-hydrogen) atoms. The molecule has 1 heterocycles. The van der Waals surface area contributed by atoms with Crippen molar-refractivity contribution >= 4 is 5.95 Å². The number of rotatable bonds is 6. The van der Waals surface area contributed by atoms with Crippen LogP contribution in [0.15, 0.2) is 24.5 Å². The molecule has 0 bridgehead atoms. The van der Waals surface area contributed by atoms with E-state index in [2.05, 4.69) is 28.1 Å². The average Bonchev–Trinajstić information content (AvgIpc) is 2.22. The number of nitrogens with zero attached hydrogens (tertiary/aromatic N) is 3. The summed E-state index contributed by atoms with van der Waals surface area (Å²) in [6, 6.07) is 0.187. The van der Waals surface area contributed by atoms with E-state index < -0.39 is 0 Å².